The lowest BCUT2D eigenvalue weighted by Gasteiger charge is -2.21. The van der Waals surface area contributed by atoms with Crippen LogP contribution in [0.25, 0.3) is 0 Å². The third kappa shape index (κ3) is 3.39. The summed E-state index contributed by atoms with van der Waals surface area (Å²) in [4.78, 5) is 14.6. The minimum absolute atomic E-state index is 0.00332. The number of hydrogen-bond donors (Lipinski definition) is 2. The summed E-state index contributed by atoms with van der Waals surface area (Å²) in [5.41, 5.74) is 9.35. The Balaban J connectivity index is 1.69. The van der Waals surface area contributed by atoms with E-state index >= 15 is 0 Å². The van der Waals surface area contributed by atoms with Gasteiger partial charge >= 0.3 is 0 Å². The van der Waals surface area contributed by atoms with E-state index in [2.05, 4.69) is 16.3 Å². The number of carbonyl (C=O) groups excluding carboxylic acids is 1. The first-order chi connectivity index (χ1) is 10.7. The first-order valence-corrected chi connectivity index (χ1v) is 7.70. The van der Waals surface area contributed by atoms with E-state index < -0.39 is 0 Å². The van der Waals surface area contributed by atoms with Crippen molar-refractivity contribution in [3.05, 3.63) is 54.1 Å². The van der Waals surface area contributed by atoms with Gasteiger partial charge in [-0.3, -0.25) is 4.79 Å². The molecule has 2 aromatic rings. The fourth-order valence-corrected chi connectivity index (χ4v) is 2.83. The van der Waals surface area contributed by atoms with E-state index in [0.717, 1.165) is 30.0 Å². The topological polar surface area (TPSA) is 58.4 Å². The van der Waals surface area contributed by atoms with Crippen molar-refractivity contribution >= 4 is 23.0 Å². The van der Waals surface area contributed by atoms with Gasteiger partial charge in [-0.1, -0.05) is 24.3 Å². The number of nitrogens with zero attached hydrogens (tertiary/aromatic N) is 1. The fraction of sp³-hybridized carbons (Fsp3) is 0.278. The summed E-state index contributed by atoms with van der Waals surface area (Å²) in [6, 6.07) is 15.4. The van der Waals surface area contributed by atoms with Crippen molar-refractivity contribution in [1.29, 1.82) is 0 Å². The maximum absolute atomic E-state index is 12.3. The lowest BCUT2D eigenvalue weighted by Crippen LogP contribution is -2.21. The van der Waals surface area contributed by atoms with Crippen LogP contribution >= 0.6 is 0 Å². The zero-order chi connectivity index (χ0) is 15.4. The van der Waals surface area contributed by atoms with Crippen LogP contribution in [0.5, 0.6) is 0 Å². The number of nitrogens with two attached hydrogens (primary N) is 1. The number of nitrogens with one attached hydrogen (secondary N) is 1. The molecule has 3 N–H and O–H groups in total. The molecule has 0 aromatic heterocycles. The van der Waals surface area contributed by atoms with Crippen LogP contribution in [0.2, 0.25) is 0 Å². The summed E-state index contributed by atoms with van der Waals surface area (Å²) in [5, 5.41) is 3.04. The molecule has 1 aliphatic heterocycles. The molecule has 22 heavy (non-hydrogen) atoms. The monoisotopic (exact) mass is 295 g/mol. The second kappa shape index (κ2) is 6.52. The van der Waals surface area contributed by atoms with E-state index in [0.29, 0.717) is 12.1 Å². The highest BCUT2D eigenvalue weighted by Crippen LogP contribution is 2.28. The van der Waals surface area contributed by atoms with Crippen LogP contribution in [0.4, 0.5) is 17.1 Å². The van der Waals surface area contributed by atoms with Crippen molar-refractivity contribution in [2.75, 3.05) is 29.0 Å². The van der Waals surface area contributed by atoms with Gasteiger partial charge in [0.05, 0.1) is 17.8 Å². The van der Waals surface area contributed by atoms with Gasteiger partial charge in [-0.05, 0) is 42.7 Å². The Morgan fingerprint density at radius 3 is 2.45 bits per heavy atom. The highest BCUT2D eigenvalue weighted by molar-refractivity contribution is 5.95. The molecule has 1 fully saturated rings. The Labute approximate surface area is 130 Å². The molecule has 4 heteroatoms. The van der Waals surface area contributed by atoms with E-state index in [9.17, 15) is 4.79 Å². The molecule has 2 aromatic carbocycles. The molecule has 3 rings (SSSR count). The second-order valence-corrected chi connectivity index (χ2v) is 5.68. The zero-order valence-electron chi connectivity index (χ0n) is 12.6. The summed E-state index contributed by atoms with van der Waals surface area (Å²) >= 11 is 0. The number of rotatable bonds is 4. The van der Waals surface area contributed by atoms with Gasteiger partial charge in [0, 0.05) is 18.8 Å². The third-order valence-corrected chi connectivity index (χ3v) is 3.97. The Kier molecular flexibility index (Phi) is 4.28. The maximum Gasteiger partial charge on any atom is 0.228 e. The molecule has 1 saturated heterocycles. The van der Waals surface area contributed by atoms with Crippen molar-refractivity contribution < 1.29 is 4.79 Å². The molecule has 4 nitrogen and oxygen atoms in total. The summed E-state index contributed by atoms with van der Waals surface area (Å²) in [6.45, 7) is 2.12. The van der Waals surface area contributed by atoms with E-state index in [1.54, 1.807) is 0 Å². The number of nitrogen functional groups attached to an aromatic ring is 1. The average molecular weight is 295 g/mol. The Morgan fingerprint density at radius 2 is 1.73 bits per heavy atom. The van der Waals surface area contributed by atoms with Crippen LogP contribution < -0.4 is 16.0 Å². The van der Waals surface area contributed by atoms with E-state index in [1.807, 2.05) is 42.5 Å². The van der Waals surface area contributed by atoms with Gasteiger partial charge in [0.15, 0.2) is 0 Å². The van der Waals surface area contributed by atoms with Crippen molar-refractivity contribution in [1.82, 2.24) is 0 Å². The smallest absolute Gasteiger partial charge is 0.228 e. The summed E-state index contributed by atoms with van der Waals surface area (Å²) in [6.07, 6.45) is 2.79. The molecule has 0 aliphatic carbocycles. The summed E-state index contributed by atoms with van der Waals surface area (Å²) in [5.74, 6) is -0.00332. The molecular weight excluding hydrogens is 274 g/mol. The van der Waals surface area contributed by atoms with Crippen molar-refractivity contribution in [2.24, 2.45) is 0 Å². The highest BCUT2D eigenvalue weighted by atomic mass is 16.1. The molecule has 0 atom stereocenters. The highest BCUT2D eigenvalue weighted by Gasteiger charge is 2.16. The lowest BCUT2D eigenvalue weighted by atomic mass is 10.1. The molecule has 1 heterocycles. The Hall–Kier alpha value is -2.49. The minimum Gasteiger partial charge on any atom is -0.399 e. The Bertz CT molecular complexity index is 646. The van der Waals surface area contributed by atoms with Gasteiger partial charge in [0.25, 0.3) is 0 Å². The summed E-state index contributed by atoms with van der Waals surface area (Å²) < 4.78 is 0. The van der Waals surface area contributed by atoms with Crippen LogP contribution in [-0.4, -0.2) is 19.0 Å². The molecule has 114 valence electrons. The molecule has 0 radical (unpaired) electrons. The molecule has 0 saturated carbocycles. The quantitative estimate of drug-likeness (QED) is 0.852. The van der Waals surface area contributed by atoms with Crippen LogP contribution in [-0.2, 0) is 11.2 Å². The third-order valence-electron chi connectivity index (χ3n) is 3.97. The number of anilines is 3. The van der Waals surface area contributed by atoms with E-state index in [1.165, 1.54) is 12.8 Å². The number of carbonyl (C=O) groups is 1. The number of amides is 1. The first kappa shape index (κ1) is 14.4. The Morgan fingerprint density at radius 1 is 1.05 bits per heavy atom. The number of para-hydroxylation sites is 2. The zero-order valence-corrected chi connectivity index (χ0v) is 12.6. The predicted molar refractivity (Wildman–Crippen MR) is 91.1 cm³/mol. The SMILES string of the molecule is Nc1ccc(CC(=O)Nc2ccccc2N2CCCC2)cc1. The maximum atomic E-state index is 12.3. The molecule has 0 bridgehead atoms. The number of benzene rings is 2. The van der Waals surface area contributed by atoms with Crippen LogP contribution in [0.3, 0.4) is 0 Å². The van der Waals surface area contributed by atoms with Gasteiger partial charge in [0.2, 0.25) is 5.91 Å². The predicted octanol–water partition coefficient (Wildman–Crippen LogP) is 3.05. The normalized spacial score (nSPS) is 14.1. The molecule has 0 unspecified atom stereocenters. The minimum atomic E-state index is -0.00332. The molecule has 1 amide bonds. The van der Waals surface area contributed by atoms with Gasteiger partial charge in [-0.25, -0.2) is 0 Å². The first-order valence-electron chi connectivity index (χ1n) is 7.70. The standard InChI is InChI=1S/C18H21N3O/c19-15-9-7-14(8-10-15)13-18(22)20-16-5-1-2-6-17(16)21-11-3-4-12-21/h1-2,5-10H,3-4,11-13,19H2,(H,20,22). The van der Waals surface area contributed by atoms with E-state index in [-0.39, 0.29) is 5.91 Å². The van der Waals surface area contributed by atoms with Gasteiger partial charge in [0.1, 0.15) is 0 Å². The van der Waals surface area contributed by atoms with Crippen LogP contribution in [0.1, 0.15) is 18.4 Å². The molecule has 0 spiro atoms. The molecule has 1 aliphatic rings. The molecular formula is C18H21N3O. The van der Waals surface area contributed by atoms with Crippen molar-refractivity contribution in [2.45, 2.75) is 19.3 Å². The van der Waals surface area contributed by atoms with Gasteiger partial charge in [-0.2, -0.15) is 0 Å². The fourth-order valence-electron chi connectivity index (χ4n) is 2.83. The van der Waals surface area contributed by atoms with Gasteiger partial charge in [-0.15, -0.1) is 0 Å². The van der Waals surface area contributed by atoms with Crippen LogP contribution in [0, 0.1) is 0 Å². The summed E-state index contributed by atoms with van der Waals surface area (Å²) in [7, 11) is 0. The van der Waals surface area contributed by atoms with Gasteiger partial charge < -0.3 is 16.0 Å². The number of hydrogen-bond acceptors (Lipinski definition) is 3. The van der Waals surface area contributed by atoms with Crippen molar-refractivity contribution in [3.8, 4) is 0 Å². The van der Waals surface area contributed by atoms with E-state index in [4.69, 9.17) is 5.73 Å². The van der Waals surface area contributed by atoms with Crippen molar-refractivity contribution in [3.63, 3.8) is 0 Å². The lowest BCUT2D eigenvalue weighted by molar-refractivity contribution is -0.115. The largest absolute Gasteiger partial charge is 0.399 e. The average Bonchev–Trinajstić information content (AvgIpc) is 3.04. The van der Waals surface area contributed by atoms with Crippen LogP contribution in [0.15, 0.2) is 48.5 Å². The second-order valence-electron chi connectivity index (χ2n) is 5.68.